The van der Waals surface area contributed by atoms with E-state index in [1.165, 1.54) is 4.90 Å². The molecule has 4 rings (SSSR count). The second-order valence-corrected chi connectivity index (χ2v) is 7.14. The lowest BCUT2D eigenvalue weighted by atomic mass is 10.1. The fourth-order valence-corrected chi connectivity index (χ4v) is 4.16. The van der Waals surface area contributed by atoms with Gasteiger partial charge in [0.05, 0.1) is 5.69 Å². The average molecular weight is 373 g/mol. The van der Waals surface area contributed by atoms with Crippen LogP contribution in [0.25, 0.3) is 10.8 Å². The van der Waals surface area contributed by atoms with Crippen molar-refractivity contribution in [3.8, 4) is 0 Å². The lowest BCUT2D eigenvalue weighted by Gasteiger charge is -2.28. The van der Waals surface area contributed by atoms with Crippen LogP contribution in [0, 0.1) is 0 Å². The molecule has 2 aliphatic rings. The molecule has 0 aliphatic carbocycles. The van der Waals surface area contributed by atoms with Gasteiger partial charge in [0.1, 0.15) is 0 Å². The van der Waals surface area contributed by atoms with Crippen molar-refractivity contribution in [3.63, 3.8) is 0 Å². The molecule has 2 atom stereocenters. The number of hydrogen-bond acceptors (Lipinski definition) is 3. The first kappa shape index (κ1) is 14.8. The Labute approximate surface area is 143 Å². The zero-order chi connectivity index (χ0) is 16.0. The summed E-state index contributed by atoms with van der Waals surface area (Å²) in [5.74, 6) is -0.222. The van der Waals surface area contributed by atoms with Gasteiger partial charge < -0.3 is 5.32 Å². The Morgan fingerprint density at radius 1 is 0.913 bits per heavy atom. The normalized spacial score (nSPS) is 24.8. The fourth-order valence-electron chi connectivity index (χ4n) is 3.68. The number of nitrogens with zero attached hydrogens (tertiary/aromatic N) is 1. The van der Waals surface area contributed by atoms with E-state index in [1.807, 2.05) is 36.4 Å². The molecule has 4 nitrogen and oxygen atoms in total. The maximum Gasteiger partial charge on any atom is 0.235 e. The molecule has 2 aliphatic heterocycles. The van der Waals surface area contributed by atoms with Crippen LogP contribution in [0.2, 0.25) is 0 Å². The summed E-state index contributed by atoms with van der Waals surface area (Å²) in [5.41, 5.74) is 0.695. The molecule has 0 saturated carbocycles. The third-order valence-corrected chi connectivity index (χ3v) is 5.46. The van der Waals surface area contributed by atoms with Crippen LogP contribution in [0.1, 0.15) is 25.7 Å². The molecular weight excluding hydrogens is 356 g/mol. The number of carbonyl (C=O) groups excluding carboxylic acids is 2. The molecule has 2 amide bonds. The van der Waals surface area contributed by atoms with Crippen LogP contribution in [0.3, 0.4) is 0 Å². The van der Waals surface area contributed by atoms with Gasteiger partial charge in [0.15, 0.2) is 0 Å². The maximum atomic E-state index is 12.7. The van der Waals surface area contributed by atoms with Crippen molar-refractivity contribution in [3.05, 3.63) is 40.9 Å². The molecule has 0 radical (unpaired) electrons. The second kappa shape index (κ2) is 5.73. The summed E-state index contributed by atoms with van der Waals surface area (Å²) in [6.45, 7) is 0. The first-order chi connectivity index (χ1) is 11.1. The van der Waals surface area contributed by atoms with Gasteiger partial charge in [-0.05, 0) is 30.4 Å². The molecule has 2 bridgehead atoms. The van der Waals surface area contributed by atoms with Crippen molar-refractivity contribution in [2.24, 2.45) is 0 Å². The molecule has 0 aromatic heterocycles. The van der Waals surface area contributed by atoms with Crippen LogP contribution in [-0.4, -0.2) is 23.9 Å². The van der Waals surface area contributed by atoms with Crippen LogP contribution in [0.4, 0.5) is 5.69 Å². The Morgan fingerprint density at radius 3 is 2.17 bits per heavy atom. The van der Waals surface area contributed by atoms with Gasteiger partial charge in [-0.25, -0.2) is 4.90 Å². The van der Waals surface area contributed by atoms with Gasteiger partial charge in [0.25, 0.3) is 0 Å². The first-order valence-corrected chi connectivity index (χ1v) is 8.72. The minimum atomic E-state index is -0.111. The average Bonchev–Trinajstić information content (AvgIpc) is 2.97. The van der Waals surface area contributed by atoms with Crippen molar-refractivity contribution in [1.82, 2.24) is 5.32 Å². The quantitative estimate of drug-likeness (QED) is 0.780. The minimum Gasteiger partial charge on any atom is -0.310 e. The molecule has 0 spiro atoms. The highest BCUT2D eigenvalue weighted by atomic mass is 79.9. The molecule has 2 saturated heterocycles. The van der Waals surface area contributed by atoms with Crippen LogP contribution in [0.15, 0.2) is 40.9 Å². The third-order valence-electron chi connectivity index (χ3n) is 4.76. The summed E-state index contributed by atoms with van der Waals surface area (Å²) >= 11 is 3.54. The van der Waals surface area contributed by atoms with Crippen LogP contribution in [0.5, 0.6) is 0 Å². The van der Waals surface area contributed by atoms with Gasteiger partial charge >= 0.3 is 0 Å². The highest BCUT2D eigenvalue weighted by Gasteiger charge is 2.36. The Bertz CT molecular complexity index is 781. The van der Waals surface area contributed by atoms with E-state index < -0.39 is 0 Å². The number of carbonyl (C=O) groups is 2. The van der Waals surface area contributed by atoms with E-state index in [0.29, 0.717) is 18.5 Å². The van der Waals surface area contributed by atoms with Gasteiger partial charge in [0, 0.05) is 34.8 Å². The molecule has 23 heavy (non-hydrogen) atoms. The van der Waals surface area contributed by atoms with Gasteiger partial charge in [0.2, 0.25) is 11.8 Å². The van der Waals surface area contributed by atoms with Crippen LogP contribution < -0.4 is 10.2 Å². The van der Waals surface area contributed by atoms with Crippen LogP contribution >= 0.6 is 15.9 Å². The molecule has 1 N–H and O–H groups in total. The van der Waals surface area contributed by atoms with Crippen molar-refractivity contribution in [1.29, 1.82) is 0 Å². The number of rotatable bonds is 1. The molecule has 2 unspecified atom stereocenters. The van der Waals surface area contributed by atoms with E-state index in [1.54, 1.807) is 0 Å². The standard InChI is InChI=1S/C18H17BrN2O2/c19-15-7-8-16(14-4-2-1-3-13(14)15)21-17(22)9-11-5-6-12(20-11)10-18(21)23/h1-4,7-8,11-12,20H,5-6,9-10H2. The zero-order valence-electron chi connectivity index (χ0n) is 12.6. The summed E-state index contributed by atoms with van der Waals surface area (Å²) in [6.07, 6.45) is 2.70. The lowest BCUT2D eigenvalue weighted by molar-refractivity contribution is -0.127. The molecule has 2 aromatic carbocycles. The highest BCUT2D eigenvalue weighted by molar-refractivity contribution is 9.10. The number of fused-ring (bicyclic) bond motifs is 3. The molecule has 2 aromatic rings. The van der Waals surface area contributed by atoms with Gasteiger partial charge in [-0.3, -0.25) is 9.59 Å². The van der Waals surface area contributed by atoms with Crippen LogP contribution in [-0.2, 0) is 9.59 Å². The Hall–Kier alpha value is -1.72. The first-order valence-electron chi connectivity index (χ1n) is 7.92. The molecule has 5 heteroatoms. The van der Waals surface area contributed by atoms with Gasteiger partial charge in [-0.15, -0.1) is 0 Å². The lowest BCUT2D eigenvalue weighted by Crippen LogP contribution is -2.46. The number of amides is 2. The second-order valence-electron chi connectivity index (χ2n) is 6.28. The van der Waals surface area contributed by atoms with Gasteiger partial charge in [-0.1, -0.05) is 40.2 Å². The van der Waals surface area contributed by atoms with Crippen molar-refractivity contribution in [2.45, 2.75) is 37.8 Å². The van der Waals surface area contributed by atoms with E-state index in [0.717, 1.165) is 28.1 Å². The summed E-state index contributed by atoms with van der Waals surface area (Å²) in [6, 6.07) is 12.0. The third kappa shape index (κ3) is 2.58. The SMILES string of the molecule is O=C1CC2CCC(CC(=O)N1c1ccc(Br)c3ccccc13)N2. The van der Waals surface area contributed by atoms with Crippen molar-refractivity contribution >= 4 is 44.2 Å². The number of anilines is 1. The number of halogens is 1. The monoisotopic (exact) mass is 372 g/mol. The summed E-state index contributed by atoms with van der Waals surface area (Å²) < 4.78 is 0.963. The molecule has 2 fully saturated rings. The Kier molecular flexibility index (Phi) is 3.70. The maximum absolute atomic E-state index is 12.7. The predicted octanol–water partition coefficient (Wildman–Crippen LogP) is 3.38. The van der Waals surface area contributed by atoms with Gasteiger partial charge in [-0.2, -0.15) is 0 Å². The van der Waals surface area contributed by atoms with E-state index >= 15 is 0 Å². The number of imide groups is 1. The Morgan fingerprint density at radius 2 is 1.52 bits per heavy atom. The van der Waals surface area contributed by atoms with Crippen molar-refractivity contribution < 1.29 is 9.59 Å². The number of hydrogen-bond donors (Lipinski definition) is 1. The molecule has 118 valence electrons. The predicted molar refractivity (Wildman–Crippen MR) is 93.3 cm³/mol. The molecular formula is C18H17BrN2O2. The zero-order valence-corrected chi connectivity index (χ0v) is 14.2. The fraction of sp³-hybridized carbons (Fsp3) is 0.333. The molecule has 2 heterocycles. The van der Waals surface area contributed by atoms with E-state index in [4.69, 9.17) is 0 Å². The summed E-state index contributed by atoms with van der Waals surface area (Å²) in [7, 11) is 0. The highest BCUT2D eigenvalue weighted by Crippen LogP contribution is 2.34. The van der Waals surface area contributed by atoms with E-state index in [-0.39, 0.29) is 23.9 Å². The minimum absolute atomic E-state index is 0.111. The smallest absolute Gasteiger partial charge is 0.235 e. The number of nitrogens with one attached hydrogen (secondary N) is 1. The van der Waals surface area contributed by atoms with E-state index in [2.05, 4.69) is 21.2 Å². The largest absolute Gasteiger partial charge is 0.310 e. The summed E-state index contributed by atoms with van der Waals surface area (Å²) in [4.78, 5) is 26.9. The Balaban J connectivity index is 1.83. The topological polar surface area (TPSA) is 49.4 Å². The summed E-state index contributed by atoms with van der Waals surface area (Å²) in [5, 5.41) is 5.32. The number of benzene rings is 2. The van der Waals surface area contributed by atoms with E-state index in [9.17, 15) is 9.59 Å². The van der Waals surface area contributed by atoms with Crippen molar-refractivity contribution in [2.75, 3.05) is 4.90 Å².